The molecule has 1 unspecified atom stereocenters. The standard InChI is InChI=1S/C16H16N2O2S2/c1-10-4-7-16(14(8-10)20-3)22(19)18-12-5-6-15-13(9-12)17-11(2)21-15/h4-9,18H,1-3H3. The predicted octanol–water partition coefficient (Wildman–Crippen LogP) is 4.06. The van der Waals surface area contributed by atoms with E-state index in [1.807, 2.05) is 50.2 Å². The van der Waals surface area contributed by atoms with Crippen molar-refractivity contribution in [3.63, 3.8) is 0 Å². The van der Waals surface area contributed by atoms with Crippen LogP contribution in [0.5, 0.6) is 5.75 Å². The summed E-state index contributed by atoms with van der Waals surface area (Å²) >= 11 is 1.65. The van der Waals surface area contributed by atoms with E-state index in [0.717, 1.165) is 26.5 Å². The van der Waals surface area contributed by atoms with E-state index in [9.17, 15) is 4.21 Å². The zero-order valence-electron chi connectivity index (χ0n) is 12.5. The van der Waals surface area contributed by atoms with Gasteiger partial charge in [-0.2, -0.15) is 0 Å². The average molecular weight is 332 g/mol. The normalized spacial score (nSPS) is 12.3. The molecule has 1 N–H and O–H groups in total. The fraction of sp³-hybridized carbons (Fsp3) is 0.188. The van der Waals surface area contributed by atoms with Gasteiger partial charge in [0.25, 0.3) is 0 Å². The summed E-state index contributed by atoms with van der Waals surface area (Å²) in [6, 6.07) is 11.4. The molecule has 4 nitrogen and oxygen atoms in total. The highest BCUT2D eigenvalue weighted by Gasteiger charge is 2.12. The van der Waals surface area contributed by atoms with E-state index < -0.39 is 11.0 Å². The van der Waals surface area contributed by atoms with Gasteiger partial charge in [-0.1, -0.05) is 6.07 Å². The molecule has 0 bridgehead atoms. The van der Waals surface area contributed by atoms with Gasteiger partial charge in [0.1, 0.15) is 10.6 Å². The van der Waals surface area contributed by atoms with Gasteiger partial charge in [-0.15, -0.1) is 11.3 Å². The first kappa shape index (κ1) is 15.0. The maximum absolute atomic E-state index is 12.5. The second kappa shape index (κ2) is 6.06. The maximum atomic E-state index is 12.5. The number of aryl methyl sites for hydroxylation is 2. The van der Waals surface area contributed by atoms with Crippen molar-refractivity contribution in [1.29, 1.82) is 0 Å². The molecule has 0 aliphatic heterocycles. The number of thiazole rings is 1. The molecule has 3 aromatic rings. The molecule has 1 heterocycles. The Hall–Kier alpha value is -1.92. The Kier molecular flexibility index (Phi) is 4.13. The van der Waals surface area contributed by atoms with Gasteiger partial charge < -0.3 is 9.46 Å². The van der Waals surface area contributed by atoms with Crippen molar-refractivity contribution in [1.82, 2.24) is 4.98 Å². The molecule has 0 aliphatic carbocycles. The van der Waals surface area contributed by atoms with Crippen LogP contribution in [-0.2, 0) is 11.0 Å². The molecule has 0 spiro atoms. The zero-order chi connectivity index (χ0) is 15.7. The molecule has 0 saturated heterocycles. The summed E-state index contributed by atoms with van der Waals surface area (Å²) < 4.78 is 22.0. The molecule has 114 valence electrons. The van der Waals surface area contributed by atoms with Gasteiger partial charge >= 0.3 is 0 Å². The first-order chi connectivity index (χ1) is 10.6. The molecular formula is C16H16N2O2S2. The molecule has 1 aromatic heterocycles. The highest BCUT2D eigenvalue weighted by Crippen LogP contribution is 2.27. The number of aromatic nitrogens is 1. The van der Waals surface area contributed by atoms with Gasteiger partial charge in [-0.25, -0.2) is 9.19 Å². The van der Waals surface area contributed by atoms with Crippen LogP contribution < -0.4 is 9.46 Å². The van der Waals surface area contributed by atoms with Crippen molar-refractivity contribution >= 4 is 38.2 Å². The maximum Gasteiger partial charge on any atom is 0.154 e. The highest BCUT2D eigenvalue weighted by atomic mass is 32.2. The lowest BCUT2D eigenvalue weighted by molar-refractivity contribution is 0.404. The molecule has 0 amide bonds. The number of methoxy groups -OCH3 is 1. The molecular weight excluding hydrogens is 316 g/mol. The van der Waals surface area contributed by atoms with E-state index in [1.165, 1.54) is 0 Å². The van der Waals surface area contributed by atoms with Crippen molar-refractivity contribution in [2.24, 2.45) is 0 Å². The van der Waals surface area contributed by atoms with Crippen LogP contribution in [0.4, 0.5) is 5.69 Å². The number of rotatable bonds is 4. The van der Waals surface area contributed by atoms with E-state index in [-0.39, 0.29) is 0 Å². The first-order valence-electron chi connectivity index (χ1n) is 6.77. The lowest BCUT2D eigenvalue weighted by atomic mass is 10.2. The monoisotopic (exact) mass is 332 g/mol. The van der Waals surface area contributed by atoms with Gasteiger partial charge in [0.2, 0.25) is 0 Å². The Morgan fingerprint density at radius 1 is 1.18 bits per heavy atom. The molecule has 0 saturated carbocycles. The molecule has 3 rings (SSSR count). The third kappa shape index (κ3) is 2.98. The van der Waals surface area contributed by atoms with Gasteiger partial charge in [0.05, 0.1) is 22.3 Å². The Bertz CT molecular complexity index is 858. The average Bonchev–Trinajstić information content (AvgIpc) is 2.86. The second-order valence-electron chi connectivity index (χ2n) is 4.94. The van der Waals surface area contributed by atoms with Crippen LogP contribution in [0.1, 0.15) is 10.6 Å². The minimum Gasteiger partial charge on any atom is -0.495 e. The predicted molar refractivity (Wildman–Crippen MR) is 92.1 cm³/mol. The summed E-state index contributed by atoms with van der Waals surface area (Å²) in [5, 5.41) is 1.02. The van der Waals surface area contributed by atoms with Crippen molar-refractivity contribution in [2.75, 3.05) is 11.8 Å². The summed E-state index contributed by atoms with van der Waals surface area (Å²) in [5.41, 5.74) is 2.76. The number of fused-ring (bicyclic) bond motifs is 1. The van der Waals surface area contributed by atoms with Crippen LogP contribution in [0.25, 0.3) is 10.2 Å². The van der Waals surface area contributed by atoms with Crippen LogP contribution in [0, 0.1) is 13.8 Å². The lowest BCUT2D eigenvalue weighted by Crippen LogP contribution is -2.06. The van der Waals surface area contributed by atoms with Gasteiger partial charge in [0, 0.05) is 5.69 Å². The summed E-state index contributed by atoms with van der Waals surface area (Å²) in [5.74, 6) is 0.622. The quantitative estimate of drug-likeness (QED) is 0.784. The molecule has 22 heavy (non-hydrogen) atoms. The van der Waals surface area contributed by atoms with Gasteiger partial charge in [0.15, 0.2) is 11.0 Å². The van der Waals surface area contributed by atoms with E-state index in [1.54, 1.807) is 18.4 Å². The molecule has 0 radical (unpaired) electrons. The van der Waals surface area contributed by atoms with E-state index >= 15 is 0 Å². The fourth-order valence-electron chi connectivity index (χ4n) is 2.20. The molecule has 0 aliphatic rings. The third-order valence-corrected chi connectivity index (χ3v) is 5.33. The zero-order valence-corrected chi connectivity index (χ0v) is 14.2. The van der Waals surface area contributed by atoms with Crippen LogP contribution in [-0.4, -0.2) is 16.3 Å². The number of anilines is 1. The van der Waals surface area contributed by atoms with E-state index in [4.69, 9.17) is 4.74 Å². The van der Waals surface area contributed by atoms with Gasteiger partial charge in [-0.05, 0) is 49.7 Å². The SMILES string of the molecule is COc1cc(C)ccc1S(=O)Nc1ccc2sc(C)nc2c1. The molecule has 2 aromatic carbocycles. The van der Waals surface area contributed by atoms with Gasteiger partial charge in [-0.3, -0.25) is 0 Å². The number of benzene rings is 2. The fourth-order valence-corrected chi connectivity index (χ4v) is 3.97. The number of ether oxygens (including phenoxy) is 1. The smallest absolute Gasteiger partial charge is 0.154 e. The van der Waals surface area contributed by atoms with Crippen molar-refractivity contribution in [2.45, 2.75) is 18.7 Å². The Balaban J connectivity index is 1.89. The number of hydrogen-bond donors (Lipinski definition) is 1. The van der Waals surface area contributed by atoms with Crippen LogP contribution in [0.3, 0.4) is 0 Å². The van der Waals surface area contributed by atoms with Crippen LogP contribution >= 0.6 is 11.3 Å². The minimum atomic E-state index is -1.39. The number of nitrogens with zero attached hydrogens (tertiary/aromatic N) is 1. The molecule has 6 heteroatoms. The largest absolute Gasteiger partial charge is 0.495 e. The minimum absolute atomic E-state index is 0.622. The van der Waals surface area contributed by atoms with Crippen molar-refractivity contribution < 1.29 is 8.95 Å². The molecule has 0 fully saturated rings. The van der Waals surface area contributed by atoms with Crippen LogP contribution in [0.2, 0.25) is 0 Å². The summed E-state index contributed by atoms with van der Waals surface area (Å²) in [7, 11) is 0.193. The summed E-state index contributed by atoms with van der Waals surface area (Å²) in [6.45, 7) is 3.95. The second-order valence-corrected chi connectivity index (χ2v) is 7.36. The summed E-state index contributed by atoms with van der Waals surface area (Å²) in [6.07, 6.45) is 0. The van der Waals surface area contributed by atoms with E-state index in [0.29, 0.717) is 10.6 Å². The third-order valence-electron chi connectivity index (χ3n) is 3.22. The summed E-state index contributed by atoms with van der Waals surface area (Å²) in [4.78, 5) is 5.08. The van der Waals surface area contributed by atoms with E-state index in [2.05, 4.69) is 9.71 Å². The highest BCUT2D eigenvalue weighted by molar-refractivity contribution is 7.86. The Morgan fingerprint density at radius 2 is 2.00 bits per heavy atom. The topological polar surface area (TPSA) is 51.2 Å². The Labute approximate surface area is 135 Å². The van der Waals surface area contributed by atoms with Crippen molar-refractivity contribution in [3.8, 4) is 5.75 Å². The lowest BCUT2D eigenvalue weighted by Gasteiger charge is -2.10. The number of hydrogen-bond acceptors (Lipinski definition) is 4. The van der Waals surface area contributed by atoms with Crippen LogP contribution in [0.15, 0.2) is 41.3 Å². The molecule has 1 atom stereocenters. The van der Waals surface area contributed by atoms with Crippen molar-refractivity contribution in [3.05, 3.63) is 47.0 Å². The Morgan fingerprint density at radius 3 is 2.77 bits per heavy atom. The first-order valence-corrected chi connectivity index (χ1v) is 8.74. The number of nitrogens with one attached hydrogen (secondary N) is 1.